The van der Waals surface area contributed by atoms with E-state index in [1.807, 2.05) is 0 Å². The van der Waals surface area contributed by atoms with Gasteiger partial charge in [-0.2, -0.15) is 0 Å². The fraction of sp³-hybridized carbons (Fsp3) is 0.917. The van der Waals surface area contributed by atoms with E-state index in [0.717, 1.165) is 37.9 Å². The van der Waals surface area contributed by atoms with Crippen LogP contribution >= 0.6 is 0 Å². The van der Waals surface area contributed by atoms with Crippen molar-refractivity contribution in [2.75, 3.05) is 0 Å². The third kappa shape index (κ3) is 4.23. The molecule has 0 heterocycles. The van der Waals surface area contributed by atoms with E-state index in [0.29, 0.717) is 0 Å². The van der Waals surface area contributed by atoms with Crippen molar-refractivity contribution < 1.29 is 9.90 Å². The largest absolute Gasteiger partial charge is 0.392 e. The molecule has 0 radical (unpaired) electrons. The van der Waals surface area contributed by atoms with E-state index in [1.54, 1.807) is 0 Å². The van der Waals surface area contributed by atoms with Gasteiger partial charge >= 0.3 is 0 Å². The molecule has 1 saturated carbocycles. The molecule has 0 bridgehead atoms. The SMILES string of the molecule is CCCCCC(O)[C@H](C=O)CC1CC1. The molecule has 1 aliphatic carbocycles. The first-order valence-corrected chi connectivity index (χ1v) is 5.91. The lowest BCUT2D eigenvalue weighted by Gasteiger charge is -2.16. The van der Waals surface area contributed by atoms with Crippen molar-refractivity contribution in [1.82, 2.24) is 0 Å². The number of aliphatic hydroxyl groups is 1. The molecule has 0 aromatic carbocycles. The van der Waals surface area contributed by atoms with E-state index in [9.17, 15) is 9.90 Å². The number of carbonyl (C=O) groups is 1. The van der Waals surface area contributed by atoms with Gasteiger partial charge in [0.15, 0.2) is 0 Å². The molecule has 0 saturated heterocycles. The van der Waals surface area contributed by atoms with E-state index in [2.05, 4.69) is 6.92 Å². The zero-order valence-electron chi connectivity index (χ0n) is 9.11. The van der Waals surface area contributed by atoms with Crippen LogP contribution in [0.5, 0.6) is 0 Å². The maximum absolute atomic E-state index is 10.8. The third-order valence-electron chi connectivity index (χ3n) is 3.07. The Morgan fingerprint density at radius 1 is 1.43 bits per heavy atom. The minimum absolute atomic E-state index is 0.0978. The van der Waals surface area contributed by atoms with Gasteiger partial charge in [0.05, 0.1) is 6.10 Å². The average molecular weight is 198 g/mol. The van der Waals surface area contributed by atoms with E-state index in [-0.39, 0.29) is 12.0 Å². The molecule has 2 heteroatoms. The number of unbranched alkanes of at least 4 members (excludes halogenated alkanes) is 2. The first-order chi connectivity index (χ1) is 6.77. The van der Waals surface area contributed by atoms with Gasteiger partial charge in [0.25, 0.3) is 0 Å². The molecule has 0 spiro atoms. The standard InChI is InChI=1S/C12H22O2/c1-2-3-4-5-12(14)11(9-13)8-10-6-7-10/h9-12,14H,2-8H2,1H3/t11-,12?/m0/s1. The summed E-state index contributed by atoms with van der Waals surface area (Å²) in [6, 6.07) is 0. The van der Waals surface area contributed by atoms with E-state index in [4.69, 9.17) is 0 Å². The highest BCUT2D eigenvalue weighted by atomic mass is 16.3. The molecule has 0 amide bonds. The van der Waals surface area contributed by atoms with Crippen LogP contribution in [-0.4, -0.2) is 17.5 Å². The van der Waals surface area contributed by atoms with Crippen LogP contribution in [0.2, 0.25) is 0 Å². The lowest BCUT2D eigenvalue weighted by atomic mass is 9.93. The molecular weight excluding hydrogens is 176 g/mol. The maximum atomic E-state index is 10.8. The molecule has 1 unspecified atom stereocenters. The highest BCUT2D eigenvalue weighted by molar-refractivity contribution is 5.54. The van der Waals surface area contributed by atoms with Gasteiger partial charge in [-0.05, 0) is 18.8 Å². The number of aldehydes is 1. The number of hydrogen-bond acceptors (Lipinski definition) is 2. The van der Waals surface area contributed by atoms with Crippen LogP contribution in [0.15, 0.2) is 0 Å². The molecule has 0 aromatic rings. The topological polar surface area (TPSA) is 37.3 Å². The first kappa shape index (κ1) is 11.7. The van der Waals surface area contributed by atoms with Crippen molar-refractivity contribution in [3.8, 4) is 0 Å². The Morgan fingerprint density at radius 3 is 2.64 bits per heavy atom. The molecule has 14 heavy (non-hydrogen) atoms. The Morgan fingerprint density at radius 2 is 2.14 bits per heavy atom. The van der Waals surface area contributed by atoms with Crippen molar-refractivity contribution in [3.05, 3.63) is 0 Å². The summed E-state index contributed by atoms with van der Waals surface area (Å²) in [5.74, 6) is 0.630. The van der Waals surface area contributed by atoms with Gasteiger partial charge in [-0.3, -0.25) is 0 Å². The van der Waals surface area contributed by atoms with Crippen LogP contribution in [0.4, 0.5) is 0 Å². The molecule has 0 aliphatic heterocycles. The Labute approximate surface area is 86.7 Å². The van der Waals surface area contributed by atoms with E-state index < -0.39 is 0 Å². The summed E-state index contributed by atoms with van der Waals surface area (Å²) in [5.41, 5.74) is 0. The highest BCUT2D eigenvalue weighted by Gasteiger charge is 2.28. The van der Waals surface area contributed by atoms with Gasteiger partial charge in [-0.25, -0.2) is 0 Å². The van der Waals surface area contributed by atoms with Gasteiger partial charge < -0.3 is 9.90 Å². The summed E-state index contributed by atoms with van der Waals surface area (Å²) in [5, 5.41) is 9.78. The van der Waals surface area contributed by atoms with Crippen LogP contribution in [0, 0.1) is 11.8 Å². The summed E-state index contributed by atoms with van der Waals surface area (Å²) >= 11 is 0. The van der Waals surface area contributed by atoms with E-state index >= 15 is 0 Å². The fourth-order valence-corrected chi connectivity index (χ4v) is 1.86. The van der Waals surface area contributed by atoms with Crippen LogP contribution in [0.3, 0.4) is 0 Å². The van der Waals surface area contributed by atoms with Gasteiger partial charge in [-0.1, -0.05) is 39.0 Å². The first-order valence-electron chi connectivity index (χ1n) is 5.91. The number of rotatable bonds is 8. The number of hydrogen-bond donors (Lipinski definition) is 1. The second-order valence-electron chi connectivity index (χ2n) is 4.54. The summed E-state index contributed by atoms with van der Waals surface area (Å²) in [4.78, 5) is 10.8. The summed E-state index contributed by atoms with van der Waals surface area (Å²) in [6.07, 6.45) is 8.16. The van der Waals surface area contributed by atoms with Gasteiger partial charge in [-0.15, -0.1) is 0 Å². The number of carbonyl (C=O) groups excluding carboxylic acids is 1. The Kier molecular flexibility index (Phi) is 5.16. The quantitative estimate of drug-likeness (QED) is 0.480. The Bertz CT molecular complexity index is 164. The zero-order chi connectivity index (χ0) is 10.4. The Balaban J connectivity index is 2.16. The van der Waals surface area contributed by atoms with E-state index in [1.165, 1.54) is 19.3 Å². The third-order valence-corrected chi connectivity index (χ3v) is 3.07. The molecule has 1 fully saturated rings. The second kappa shape index (κ2) is 6.18. The van der Waals surface area contributed by atoms with Crippen molar-refractivity contribution >= 4 is 6.29 Å². The molecule has 2 nitrogen and oxygen atoms in total. The molecule has 0 aromatic heterocycles. The molecule has 2 atom stereocenters. The Hall–Kier alpha value is -0.370. The summed E-state index contributed by atoms with van der Waals surface area (Å²) in [6.45, 7) is 2.15. The predicted molar refractivity (Wildman–Crippen MR) is 57.0 cm³/mol. The van der Waals surface area contributed by atoms with Crippen LogP contribution < -0.4 is 0 Å². The lowest BCUT2D eigenvalue weighted by Crippen LogP contribution is -2.22. The smallest absolute Gasteiger partial charge is 0.125 e. The molecule has 1 N–H and O–H groups in total. The fourth-order valence-electron chi connectivity index (χ4n) is 1.86. The molecular formula is C12H22O2. The lowest BCUT2D eigenvalue weighted by molar-refractivity contribution is -0.114. The van der Waals surface area contributed by atoms with Crippen molar-refractivity contribution in [3.63, 3.8) is 0 Å². The van der Waals surface area contributed by atoms with Crippen LogP contribution in [-0.2, 0) is 4.79 Å². The highest BCUT2D eigenvalue weighted by Crippen LogP contribution is 2.36. The van der Waals surface area contributed by atoms with Crippen molar-refractivity contribution in [1.29, 1.82) is 0 Å². The van der Waals surface area contributed by atoms with Crippen LogP contribution in [0.25, 0.3) is 0 Å². The van der Waals surface area contributed by atoms with Crippen LogP contribution in [0.1, 0.15) is 51.9 Å². The summed E-state index contributed by atoms with van der Waals surface area (Å²) < 4.78 is 0. The minimum Gasteiger partial charge on any atom is -0.392 e. The zero-order valence-corrected chi connectivity index (χ0v) is 9.11. The molecule has 82 valence electrons. The average Bonchev–Trinajstić information content (AvgIpc) is 2.98. The van der Waals surface area contributed by atoms with Crippen molar-refractivity contribution in [2.24, 2.45) is 11.8 Å². The normalized spacial score (nSPS) is 20.4. The number of aliphatic hydroxyl groups excluding tert-OH is 1. The second-order valence-corrected chi connectivity index (χ2v) is 4.54. The van der Waals surface area contributed by atoms with Gasteiger partial charge in [0.1, 0.15) is 6.29 Å². The van der Waals surface area contributed by atoms with Crippen molar-refractivity contribution in [2.45, 2.75) is 58.0 Å². The summed E-state index contributed by atoms with van der Waals surface area (Å²) in [7, 11) is 0. The molecule has 1 aliphatic rings. The molecule has 1 rings (SSSR count). The monoisotopic (exact) mass is 198 g/mol. The minimum atomic E-state index is -0.389. The van der Waals surface area contributed by atoms with Gasteiger partial charge in [0, 0.05) is 5.92 Å². The maximum Gasteiger partial charge on any atom is 0.125 e. The predicted octanol–water partition coefficient (Wildman–Crippen LogP) is 2.54. The van der Waals surface area contributed by atoms with Gasteiger partial charge in [0.2, 0.25) is 0 Å².